The molecule has 4 aromatic rings. The normalized spacial score (nSPS) is 10.2. The predicted octanol–water partition coefficient (Wildman–Crippen LogP) is 6.21. The van der Waals surface area contributed by atoms with Gasteiger partial charge in [0, 0.05) is 5.56 Å². The Kier molecular flexibility index (Phi) is 4.31. The molecule has 4 aromatic carbocycles. The van der Waals surface area contributed by atoms with Gasteiger partial charge in [-0.1, -0.05) is 97.1 Å². The summed E-state index contributed by atoms with van der Waals surface area (Å²) >= 11 is 0. The molecule has 0 heteroatoms. The average molecular weight is 318 g/mol. The molecular weight excluding hydrogens is 300 g/mol. The van der Waals surface area contributed by atoms with Crippen LogP contribution in [0.4, 0.5) is 0 Å². The minimum atomic E-state index is 0.893. The van der Waals surface area contributed by atoms with Crippen LogP contribution in [0.25, 0.3) is 22.3 Å². The van der Waals surface area contributed by atoms with E-state index in [-0.39, 0.29) is 0 Å². The van der Waals surface area contributed by atoms with Crippen molar-refractivity contribution in [1.82, 2.24) is 0 Å². The Labute approximate surface area is 149 Å². The fourth-order valence-corrected chi connectivity index (χ4v) is 3.23. The first-order valence-electron chi connectivity index (χ1n) is 8.52. The summed E-state index contributed by atoms with van der Waals surface area (Å²) in [6.45, 7) is 0. The first kappa shape index (κ1) is 15.2. The summed E-state index contributed by atoms with van der Waals surface area (Å²) in [5, 5.41) is 0. The summed E-state index contributed by atoms with van der Waals surface area (Å²) in [6.07, 6.45) is 0.893. The smallest absolute Gasteiger partial charge is 0.0324 e. The van der Waals surface area contributed by atoms with E-state index in [4.69, 9.17) is 0 Å². The molecule has 0 fully saturated rings. The number of benzene rings is 3. The van der Waals surface area contributed by atoms with Crippen molar-refractivity contribution >= 4 is 0 Å². The lowest BCUT2D eigenvalue weighted by Gasteiger charge is -2.13. The Morgan fingerprint density at radius 2 is 1.20 bits per heavy atom. The summed E-state index contributed by atoms with van der Waals surface area (Å²) in [6, 6.07) is 40.1. The quantitative estimate of drug-likeness (QED) is 0.419. The molecular formula is C25H18. The molecule has 0 aliphatic rings. The van der Waals surface area contributed by atoms with Gasteiger partial charge in [-0.25, -0.2) is 0 Å². The lowest BCUT2D eigenvalue weighted by atomic mass is 9.91. The third-order valence-electron chi connectivity index (χ3n) is 4.44. The molecule has 0 N–H and O–H groups in total. The topological polar surface area (TPSA) is 0 Å². The van der Waals surface area contributed by atoms with Crippen molar-refractivity contribution in [3.05, 3.63) is 120 Å². The maximum atomic E-state index is 3.23. The minimum absolute atomic E-state index is 0.893. The highest BCUT2D eigenvalue weighted by Crippen LogP contribution is 2.29. The first-order chi connectivity index (χ1) is 12.4. The van der Waals surface area contributed by atoms with Crippen LogP contribution in [0.15, 0.2) is 97.1 Å². The highest BCUT2D eigenvalue weighted by molar-refractivity contribution is 5.70. The standard InChI is InChI=1S/C25H18/c1-3-11-20(12-4-1)24-17-9-7-15-22(24)19-23-16-8-10-18-25(23)21-13-5-2-6-14-21/h1-5,7-13,15-18H,19H2. The molecule has 0 aliphatic carbocycles. The van der Waals surface area contributed by atoms with Gasteiger partial charge in [0.2, 0.25) is 0 Å². The van der Waals surface area contributed by atoms with E-state index in [2.05, 4.69) is 97.1 Å². The second kappa shape index (κ2) is 7.07. The molecule has 0 unspecified atom stereocenters. The molecule has 0 radical (unpaired) electrons. The molecule has 0 aliphatic heterocycles. The molecule has 0 spiro atoms. The van der Waals surface area contributed by atoms with Gasteiger partial charge in [0.05, 0.1) is 0 Å². The second-order valence-electron chi connectivity index (χ2n) is 6.07. The van der Waals surface area contributed by atoms with E-state index in [0.29, 0.717) is 0 Å². The van der Waals surface area contributed by atoms with Gasteiger partial charge in [0.15, 0.2) is 0 Å². The molecule has 0 saturated heterocycles. The molecule has 0 nitrogen and oxygen atoms in total. The Morgan fingerprint density at radius 1 is 0.560 bits per heavy atom. The van der Waals surface area contributed by atoms with Crippen LogP contribution in [0.1, 0.15) is 11.1 Å². The third kappa shape index (κ3) is 3.32. The van der Waals surface area contributed by atoms with Gasteiger partial charge in [0.1, 0.15) is 0 Å². The third-order valence-corrected chi connectivity index (χ3v) is 4.44. The summed E-state index contributed by atoms with van der Waals surface area (Å²) in [5.41, 5.74) is 7.51. The highest BCUT2D eigenvalue weighted by atomic mass is 14.1. The van der Waals surface area contributed by atoms with Crippen molar-refractivity contribution < 1.29 is 0 Å². The molecule has 25 heavy (non-hydrogen) atoms. The van der Waals surface area contributed by atoms with Gasteiger partial charge in [0.25, 0.3) is 0 Å². The van der Waals surface area contributed by atoms with Crippen LogP contribution in [0, 0.1) is 12.1 Å². The van der Waals surface area contributed by atoms with Crippen LogP contribution >= 0.6 is 0 Å². The first-order valence-corrected chi connectivity index (χ1v) is 8.52. The SMILES string of the molecule is c1cccc(-c2ccccc2Cc2ccccc2-c2ccccc2)c#1. The van der Waals surface area contributed by atoms with E-state index in [1.807, 2.05) is 12.1 Å². The highest BCUT2D eigenvalue weighted by Gasteiger charge is 2.09. The van der Waals surface area contributed by atoms with Crippen LogP contribution in [-0.2, 0) is 6.42 Å². The van der Waals surface area contributed by atoms with Crippen molar-refractivity contribution in [2.45, 2.75) is 6.42 Å². The zero-order valence-electron chi connectivity index (χ0n) is 13.9. The zero-order chi connectivity index (χ0) is 16.9. The van der Waals surface area contributed by atoms with Crippen LogP contribution in [0.5, 0.6) is 0 Å². The number of hydrogen-bond donors (Lipinski definition) is 0. The van der Waals surface area contributed by atoms with Crippen LogP contribution < -0.4 is 0 Å². The van der Waals surface area contributed by atoms with Gasteiger partial charge < -0.3 is 0 Å². The Balaban J connectivity index is 1.76. The molecule has 118 valence electrons. The summed E-state index contributed by atoms with van der Waals surface area (Å²) in [4.78, 5) is 0. The second-order valence-corrected chi connectivity index (χ2v) is 6.07. The van der Waals surface area contributed by atoms with E-state index < -0.39 is 0 Å². The van der Waals surface area contributed by atoms with Crippen molar-refractivity contribution in [1.29, 1.82) is 0 Å². The molecule has 0 bridgehead atoms. The average Bonchev–Trinajstić information content (AvgIpc) is 2.70. The van der Waals surface area contributed by atoms with Crippen LogP contribution in [-0.4, -0.2) is 0 Å². The Hall–Kier alpha value is -3.30. The maximum absolute atomic E-state index is 3.23. The Morgan fingerprint density at radius 3 is 1.92 bits per heavy atom. The largest absolute Gasteiger partial charge is 0.0696 e. The van der Waals surface area contributed by atoms with E-state index in [9.17, 15) is 0 Å². The van der Waals surface area contributed by atoms with Gasteiger partial charge in [-0.3, -0.25) is 0 Å². The lowest BCUT2D eigenvalue weighted by molar-refractivity contribution is 1.20. The zero-order valence-corrected chi connectivity index (χ0v) is 13.9. The molecule has 0 atom stereocenters. The summed E-state index contributed by atoms with van der Waals surface area (Å²) < 4.78 is 0. The molecule has 4 rings (SSSR count). The number of rotatable bonds is 4. The van der Waals surface area contributed by atoms with Crippen LogP contribution in [0.2, 0.25) is 0 Å². The molecule has 0 amide bonds. The lowest BCUT2D eigenvalue weighted by Crippen LogP contribution is -1.94. The molecule has 0 saturated carbocycles. The van der Waals surface area contributed by atoms with E-state index >= 15 is 0 Å². The van der Waals surface area contributed by atoms with E-state index in [1.165, 1.54) is 27.8 Å². The number of hydrogen-bond acceptors (Lipinski definition) is 0. The van der Waals surface area contributed by atoms with Crippen molar-refractivity contribution in [3.8, 4) is 22.3 Å². The van der Waals surface area contributed by atoms with Gasteiger partial charge in [-0.05, 0) is 46.4 Å². The van der Waals surface area contributed by atoms with Crippen molar-refractivity contribution in [2.24, 2.45) is 0 Å². The van der Waals surface area contributed by atoms with E-state index in [0.717, 1.165) is 12.0 Å². The maximum Gasteiger partial charge on any atom is 0.0324 e. The van der Waals surface area contributed by atoms with Gasteiger partial charge in [-0.15, -0.1) is 0 Å². The van der Waals surface area contributed by atoms with Crippen LogP contribution in [0.3, 0.4) is 0 Å². The van der Waals surface area contributed by atoms with E-state index in [1.54, 1.807) is 0 Å². The predicted molar refractivity (Wildman–Crippen MR) is 104 cm³/mol. The summed E-state index contributed by atoms with van der Waals surface area (Å²) in [7, 11) is 0. The summed E-state index contributed by atoms with van der Waals surface area (Å²) in [5.74, 6) is 0. The molecule has 0 aromatic heterocycles. The molecule has 0 heterocycles. The fourth-order valence-electron chi connectivity index (χ4n) is 3.23. The monoisotopic (exact) mass is 318 g/mol. The Bertz CT molecular complexity index is 872. The fraction of sp³-hybridized carbons (Fsp3) is 0.0400. The minimum Gasteiger partial charge on any atom is -0.0696 e. The van der Waals surface area contributed by atoms with Crippen molar-refractivity contribution in [3.63, 3.8) is 0 Å². The van der Waals surface area contributed by atoms with Gasteiger partial charge in [-0.2, -0.15) is 0 Å². The van der Waals surface area contributed by atoms with Gasteiger partial charge >= 0.3 is 0 Å². The van der Waals surface area contributed by atoms with Crippen molar-refractivity contribution in [2.75, 3.05) is 0 Å².